The Labute approximate surface area is 128 Å². The van der Waals surface area contributed by atoms with Crippen LogP contribution in [0.2, 0.25) is 0 Å². The van der Waals surface area contributed by atoms with Gasteiger partial charge in [-0.3, -0.25) is 0 Å². The van der Waals surface area contributed by atoms with E-state index < -0.39 is 0 Å². The molecule has 106 valence electrons. The molecule has 2 N–H and O–H groups in total. The van der Waals surface area contributed by atoms with E-state index in [9.17, 15) is 4.39 Å². The molecule has 0 atom stereocenters. The summed E-state index contributed by atoms with van der Waals surface area (Å²) < 4.78 is 16.0. The van der Waals surface area contributed by atoms with Gasteiger partial charge in [-0.25, -0.2) is 9.07 Å². The molecule has 1 heterocycles. The van der Waals surface area contributed by atoms with Gasteiger partial charge in [-0.05, 0) is 46.3 Å². The fourth-order valence-corrected chi connectivity index (χ4v) is 2.48. The Kier molecular flexibility index (Phi) is 3.66. The maximum absolute atomic E-state index is 13.4. The molecule has 0 fully saturated rings. The zero-order valence-corrected chi connectivity index (χ0v) is 12.5. The quantitative estimate of drug-likeness (QED) is 0.739. The highest BCUT2D eigenvalue weighted by atomic mass is 79.9. The van der Waals surface area contributed by atoms with Crippen molar-refractivity contribution in [3.63, 3.8) is 0 Å². The van der Waals surface area contributed by atoms with E-state index in [4.69, 9.17) is 5.73 Å². The first kappa shape index (κ1) is 13.7. The zero-order valence-electron chi connectivity index (χ0n) is 10.9. The van der Waals surface area contributed by atoms with Crippen LogP contribution in [-0.4, -0.2) is 20.2 Å². The predicted octanol–water partition coefficient (Wildman–Crippen LogP) is 2.87. The van der Waals surface area contributed by atoms with E-state index in [1.165, 1.54) is 18.2 Å². The van der Waals surface area contributed by atoms with E-state index in [0.29, 0.717) is 23.6 Å². The Morgan fingerprint density at radius 1 is 1.19 bits per heavy atom. The largest absolute Gasteiger partial charge is 0.398 e. The smallest absolute Gasteiger partial charge is 0.184 e. The van der Waals surface area contributed by atoms with Gasteiger partial charge < -0.3 is 5.73 Å². The molecule has 3 aromatic rings. The van der Waals surface area contributed by atoms with Crippen LogP contribution >= 0.6 is 15.9 Å². The lowest BCUT2D eigenvalue weighted by Crippen LogP contribution is -2.05. The van der Waals surface area contributed by atoms with Crippen molar-refractivity contribution in [1.82, 2.24) is 20.2 Å². The van der Waals surface area contributed by atoms with Gasteiger partial charge in [-0.2, -0.15) is 0 Å². The second-order valence-corrected chi connectivity index (χ2v) is 5.44. The summed E-state index contributed by atoms with van der Waals surface area (Å²) in [5.74, 6) is 0.0585. The van der Waals surface area contributed by atoms with E-state index in [-0.39, 0.29) is 5.82 Å². The van der Waals surface area contributed by atoms with Crippen LogP contribution in [-0.2, 0) is 6.54 Å². The van der Waals surface area contributed by atoms with E-state index in [1.54, 1.807) is 4.68 Å². The first-order valence-corrected chi connectivity index (χ1v) is 6.99. The molecule has 0 aliphatic heterocycles. The molecule has 0 unspecified atom stereocenters. The molecule has 0 radical (unpaired) electrons. The Morgan fingerprint density at radius 2 is 2.05 bits per heavy atom. The van der Waals surface area contributed by atoms with Gasteiger partial charge in [0.25, 0.3) is 0 Å². The van der Waals surface area contributed by atoms with Gasteiger partial charge in [-0.15, -0.1) is 5.10 Å². The van der Waals surface area contributed by atoms with Crippen LogP contribution in [0.5, 0.6) is 0 Å². The molecular weight excluding hydrogens is 337 g/mol. The fourth-order valence-electron chi connectivity index (χ4n) is 2.03. The summed E-state index contributed by atoms with van der Waals surface area (Å²) in [4.78, 5) is 0. The summed E-state index contributed by atoms with van der Waals surface area (Å²) in [5, 5.41) is 11.6. The van der Waals surface area contributed by atoms with E-state index in [1.807, 2.05) is 24.3 Å². The summed E-state index contributed by atoms with van der Waals surface area (Å²) in [5.41, 5.74) is 7.82. The lowest BCUT2D eigenvalue weighted by Gasteiger charge is -2.07. The molecule has 1 aromatic heterocycles. The lowest BCUT2D eigenvalue weighted by atomic mass is 10.1. The molecule has 7 heteroatoms. The molecule has 0 aliphatic rings. The number of anilines is 1. The molecule has 21 heavy (non-hydrogen) atoms. The summed E-state index contributed by atoms with van der Waals surface area (Å²) in [6, 6.07) is 11.9. The van der Waals surface area contributed by atoms with Crippen molar-refractivity contribution in [1.29, 1.82) is 0 Å². The highest BCUT2D eigenvalue weighted by Gasteiger charge is 2.13. The molecule has 0 bridgehead atoms. The summed E-state index contributed by atoms with van der Waals surface area (Å²) in [7, 11) is 0. The molecule has 0 spiro atoms. The van der Waals surface area contributed by atoms with E-state index in [2.05, 4.69) is 31.5 Å². The maximum atomic E-state index is 13.4. The normalized spacial score (nSPS) is 10.8. The molecule has 0 amide bonds. The number of nitrogens with zero attached hydrogens (tertiary/aromatic N) is 4. The Bertz CT molecular complexity index is 787. The highest BCUT2D eigenvalue weighted by Crippen LogP contribution is 2.25. The van der Waals surface area contributed by atoms with Crippen molar-refractivity contribution in [2.75, 3.05) is 5.73 Å². The third kappa shape index (κ3) is 2.92. The second-order valence-electron chi connectivity index (χ2n) is 4.52. The Balaban J connectivity index is 1.99. The Morgan fingerprint density at radius 3 is 2.86 bits per heavy atom. The van der Waals surface area contributed by atoms with Crippen LogP contribution in [0, 0.1) is 5.82 Å². The average Bonchev–Trinajstić information content (AvgIpc) is 2.89. The van der Waals surface area contributed by atoms with Crippen LogP contribution in [0.3, 0.4) is 0 Å². The molecule has 0 saturated carbocycles. The van der Waals surface area contributed by atoms with Gasteiger partial charge in [-0.1, -0.05) is 28.1 Å². The minimum absolute atomic E-state index is 0.379. The zero-order chi connectivity index (χ0) is 14.8. The second kappa shape index (κ2) is 5.61. The molecule has 0 aliphatic carbocycles. The monoisotopic (exact) mass is 347 g/mol. The number of benzene rings is 2. The summed E-state index contributed by atoms with van der Waals surface area (Å²) >= 11 is 3.42. The van der Waals surface area contributed by atoms with Crippen molar-refractivity contribution in [3.05, 3.63) is 58.3 Å². The number of halogens is 2. The number of nitrogens with two attached hydrogens (primary N) is 1. The van der Waals surface area contributed by atoms with Crippen LogP contribution in [0.15, 0.2) is 46.9 Å². The number of aromatic nitrogens is 4. The minimum atomic E-state index is -0.379. The van der Waals surface area contributed by atoms with Gasteiger partial charge in [0.1, 0.15) is 5.82 Å². The van der Waals surface area contributed by atoms with Crippen LogP contribution in [0.25, 0.3) is 11.4 Å². The molecular formula is C14H11BrFN5. The molecule has 2 aromatic carbocycles. The number of hydrogen-bond acceptors (Lipinski definition) is 4. The highest BCUT2D eigenvalue weighted by molar-refractivity contribution is 9.10. The SMILES string of the molecule is Nc1ccc(F)cc1-c1nnnn1Cc1cccc(Br)c1. The van der Waals surface area contributed by atoms with Crippen LogP contribution in [0.1, 0.15) is 5.56 Å². The van der Waals surface area contributed by atoms with Crippen LogP contribution < -0.4 is 5.73 Å². The van der Waals surface area contributed by atoms with Crippen molar-refractivity contribution in [2.45, 2.75) is 6.54 Å². The van der Waals surface area contributed by atoms with Crippen molar-refractivity contribution < 1.29 is 4.39 Å². The van der Waals surface area contributed by atoms with Crippen molar-refractivity contribution in [2.24, 2.45) is 0 Å². The van der Waals surface area contributed by atoms with Gasteiger partial charge in [0.05, 0.1) is 6.54 Å². The standard InChI is InChI=1S/C14H11BrFN5/c15-10-3-1-2-9(6-10)8-21-14(18-19-20-21)12-7-11(16)4-5-13(12)17/h1-7H,8,17H2. The third-order valence-electron chi connectivity index (χ3n) is 3.01. The molecule has 3 rings (SSSR count). The number of rotatable bonds is 3. The van der Waals surface area contributed by atoms with Gasteiger partial charge in [0.2, 0.25) is 0 Å². The summed E-state index contributed by atoms with van der Waals surface area (Å²) in [6.45, 7) is 0.470. The van der Waals surface area contributed by atoms with Crippen molar-refractivity contribution >= 4 is 21.6 Å². The first-order valence-electron chi connectivity index (χ1n) is 6.19. The lowest BCUT2D eigenvalue weighted by molar-refractivity contribution is 0.627. The summed E-state index contributed by atoms with van der Waals surface area (Å²) in [6.07, 6.45) is 0. The first-order chi connectivity index (χ1) is 10.1. The minimum Gasteiger partial charge on any atom is -0.398 e. The number of hydrogen-bond donors (Lipinski definition) is 1. The van der Waals surface area contributed by atoms with Gasteiger partial charge in [0.15, 0.2) is 5.82 Å². The van der Waals surface area contributed by atoms with Crippen LogP contribution in [0.4, 0.5) is 10.1 Å². The third-order valence-corrected chi connectivity index (χ3v) is 3.50. The topological polar surface area (TPSA) is 69.6 Å². The van der Waals surface area contributed by atoms with Crippen molar-refractivity contribution in [3.8, 4) is 11.4 Å². The average molecular weight is 348 g/mol. The number of tetrazole rings is 1. The van der Waals surface area contributed by atoms with E-state index in [0.717, 1.165) is 10.0 Å². The fraction of sp³-hybridized carbons (Fsp3) is 0.0714. The molecule has 5 nitrogen and oxygen atoms in total. The molecule has 0 saturated heterocycles. The number of nitrogen functional groups attached to an aromatic ring is 1. The Hall–Kier alpha value is -2.28. The van der Waals surface area contributed by atoms with Gasteiger partial charge in [0, 0.05) is 15.7 Å². The predicted molar refractivity (Wildman–Crippen MR) is 80.9 cm³/mol. The maximum Gasteiger partial charge on any atom is 0.184 e. The van der Waals surface area contributed by atoms with Gasteiger partial charge >= 0.3 is 0 Å². The van der Waals surface area contributed by atoms with E-state index >= 15 is 0 Å².